The molecule has 0 atom stereocenters. The topological polar surface area (TPSA) is 63.7 Å². The number of hydrogen-bond donors (Lipinski definition) is 0. The second-order valence-electron chi connectivity index (χ2n) is 5.23. The van der Waals surface area contributed by atoms with E-state index in [-0.39, 0.29) is 17.4 Å². The lowest BCUT2D eigenvalue weighted by atomic mass is 10.1. The zero-order chi connectivity index (χ0) is 15.3. The zero-order valence-electron chi connectivity index (χ0n) is 12.2. The zero-order valence-corrected chi connectivity index (χ0v) is 12.2. The molecule has 0 bridgehead atoms. The third kappa shape index (κ3) is 3.66. The summed E-state index contributed by atoms with van der Waals surface area (Å²) in [5, 5.41) is 0. The van der Waals surface area contributed by atoms with Crippen molar-refractivity contribution in [2.75, 3.05) is 6.54 Å². The molecule has 1 heterocycles. The minimum atomic E-state index is -0.318. The molecule has 0 saturated carbocycles. The van der Waals surface area contributed by atoms with Crippen molar-refractivity contribution in [3.63, 3.8) is 0 Å². The van der Waals surface area contributed by atoms with Crippen molar-refractivity contribution in [3.8, 4) is 0 Å². The Morgan fingerprint density at radius 3 is 1.80 bits per heavy atom. The average molecular weight is 277 g/mol. The maximum Gasteiger partial charge on any atom is 0.293 e. The lowest BCUT2D eigenvalue weighted by molar-refractivity contribution is -0.138. The molecule has 1 aliphatic rings. The van der Waals surface area contributed by atoms with Crippen LogP contribution in [0.25, 0.3) is 0 Å². The van der Waals surface area contributed by atoms with Gasteiger partial charge in [0.05, 0.1) is 11.1 Å². The molecule has 0 aliphatic carbocycles. The number of imide groups is 1. The normalized spacial score (nSPS) is 13.5. The number of ether oxygens (including phenoxy) is 1. The number of benzene rings is 1. The van der Waals surface area contributed by atoms with Gasteiger partial charge in [0.15, 0.2) is 0 Å². The molecular formula is C15H19NO4. The van der Waals surface area contributed by atoms with Gasteiger partial charge in [0.2, 0.25) is 0 Å². The van der Waals surface area contributed by atoms with Gasteiger partial charge in [-0.3, -0.25) is 19.3 Å². The van der Waals surface area contributed by atoms with Crippen molar-refractivity contribution in [1.29, 1.82) is 0 Å². The van der Waals surface area contributed by atoms with Gasteiger partial charge in [0.25, 0.3) is 18.3 Å². The fourth-order valence-corrected chi connectivity index (χ4v) is 1.67. The number of hydrogen-bond acceptors (Lipinski definition) is 4. The average Bonchev–Trinajstić information content (AvgIpc) is 2.62. The number of amides is 2. The van der Waals surface area contributed by atoms with Crippen molar-refractivity contribution in [1.82, 2.24) is 4.90 Å². The number of fused-ring (bicyclic) bond motifs is 1. The van der Waals surface area contributed by atoms with E-state index in [9.17, 15) is 14.4 Å². The van der Waals surface area contributed by atoms with Gasteiger partial charge >= 0.3 is 0 Å². The van der Waals surface area contributed by atoms with Crippen molar-refractivity contribution in [3.05, 3.63) is 35.4 Å². The van der Waals surface area contributed by atoms with E-state index < -0.39 is 0 Å². The number of carbonyl (C=O) groups is 3. The number of nitrogens with zero attached hydrogens (tertiary/aromatic N) is 1. The highest BCUT2D eigenvalue weighted by Crippen LogP contribution is 2.21. The first-order valence-electron chi connectivity index (χ1n) is 6.38. The first-order valence-corrected chi connectivity index (χ1v) is 6.38. The van der Waals surface area contributed by atoms with E-state index in [0.717, 1.165) is 0 Å². The Morgan fingerprint density at radius 1 is 1.10 bits per heavy atom. The van der Waals surface area contributed by atoms with Gasteiger partial charge in [-0.15, -0.1) is 0 Å². The molecule has 0 radical (unpaired) electrons. The summed E-state index contributed by atoms with van der Waals surface area (Å²) in [5.41, 5.74) is 0.727. The molecule has 0 N–H and O–H groups in total. The third-order valence-corrected chi connectivity index (χ3v) is 2.60. The molecule has 1 aliphatic heterocycles. The van der Waals surface area contributed by atoms with Crippen LogP contribution in [-0.2, 0) is 9.53 Å². The Bertz CT molecular complexity index is 482. The van der Waals surface area contributed by atoms with Gasteiger partial charge in [-0.05, 0) is 39.8 Å². The van der Waals surface area contributed by atoms with Crippen LogP contribution in [0.1, 0.15) is 48.4 Å². The number of rotatable bonds is 2. The molecule has 0 fully saturated rings. The van der Waals surface area contributed by atoms with Gasteiger partial charge in [-0.25, -0.2) is 0 Å². The van der Waals surface area contributed by atoms with Gasteiger partial charge < -0.3 is 4.74 Å². The van der Waals surface area contributed by atoms with Crippen molar-refractivity contribution < 1.29 is 19.1 Å². The van der Waals surface area contributed by atoms with Crippen molar-refractivity contribution in [2.24, 2.45) is 0 Å². The molecule has 5 nitrogen and oxygen atoms in total. The van der Waals surface area contributed by atoms with E-state index in [4.69, 9.17) is 0 Å². The molecule has 108 valence electrons. The van der Waals surface area contributed by atoms with Gasteiger partial charge in [-0.1, -0.05) is 12.1 Å². The van der Waals surface area contributed by atoms with E-state index in [0.29, 0.717) is 24.1 Å². The molecule has 5 heteroatoms. The summed E-state index contributed by atoms with van der Waals surface area (Å²) >= 11 is 0. The fourth-order valence-electron chi connectivity index (χ4n) is 1.67. The Kier molecular flexibility index (Phi) is 5.02. The molecule has 0 aromatic heterocycles. The predicted molar refractivity (Wildman–Crippen MR) is 74.4 cm³/mol. The highest BCUT2D eigenvalue weighted by molar-refractivity contribution is 6.21. The first-order chi connectivity index (χ1) is 9.31. The second-order valence-corrected chi connectivity index (χ2v) is 5.23. The predicted octanol–water partition coefficient (Wildman–Crippen LogP) is 2.26. The van der Waals surface area contributed by atoms with E-state index >= 15 is 0 Å². The van der Waals surface area contributed by atoms with E-state index in [2.05, 4.69) is 4.74 Å². The van der Waals surface area contributed by atoms with Crippen molar-refractivity contribution >= 4 is 18.3 Å². The summed E-state index contributed by atoms with van der Waals surface area (Å²) in [5.74, 6) is -0.355. The Hall–Kier alpha value is -2.17. The van der Waals surface area contributed by atoms with Crippen molar-refractivity contribution in [2.45, 2.75) is 33.3 Å². The first kappa shape index (κ1) is 15.9. The van der Waals surface area contributed by atoms with E-state index in [1.807, 2.05) is 20.8 Å². The van der Waals surface area contributed by atoms with Crippen LogP contribution in [0.4, 0.5) is 0 Å². The maximum atomic E-state index is 11.5. The van der Waals surface area contributed by atoms with Crippen LogP contribution in [0.5, 0.6) is 0 Å². The molecule has 0 saturated heterocycles. The van der Waals surface area contributed by atoms with Crippen LogP contribution in [0.15, 0.2) is 24.3 Å². The Balaban J connectivity index is 0.000000246. The molecule has 1 aromatic rings. The highest BCUT2D eigenvalue weighted by Gasteiger charge is 2.33. The molecule has 0 spiro atoms. The summed E-state index contributed by atoms with van der Waals surface area (Å²) < 4.78 is 4.55. The highest BCUT2D eigenvalue weighted by atomic mass is 16.5. The lowest BCUT2D eigenvalue weighted by Gasteiger charge is -2.14. The van der Waals surface area contributed by atoms with E-state index in [1.54, 1.807) is 31.2 Å². The van der Waals surface area contributed by atoms with Crippen LogP contribution in [0.2, 0.25) is 0 Å². The largest absolute Gasteiger partial charge is 0.462 e. The quantitative estimate of drug-likeness (QED) is 0.614. The van der Waals surface area contributed by atoms with Gasteiger partial charge in [0, 0.05) is 6.54 Å². The standard InChI is InChI=1S/C10H9NO2.C5H10O2/c1-2-11-9(12)7-5-3-4-6-8(7)10(11)13;1-5(2,3)7-4-6/h3-6H,2H2,1H3;4H,1-3H3. The third-order valence-electron chi connectivity index (χ3n) is 2.60. The molecule has 0 unspecified atom stereocenters. The molecule has 20 heavy (non-hydrogen) atoms. The van der Waals surface area contributed by atoms with Crippen LogP contribution >= 0.6 is 0 Å². The molecule has 2 amide bonds. The van der Waals surface area contributed by atoms with E-state index in [1.165, 1.54) is 4.90 Å². The summed E-state index contributed by atoms with van der Waals surface area (Å²) in [6.07, 6.45) is 0. The van der Waals surface area contributed by atoms with Crippen LogP contribution in [-0.4, -0.2) is 35.3 Å². The summed E-state index contributed by atoms with van der Waals surface area (Å²) in [7, 11) is 0. The summed E-state index contributed by atoms with van der Waals surface area (Å²) in [6.45, 7) is 8.15. The minimum Gasteiger partial charge on any atom is -0.462 e. The number of carbonyl (C=O) groups excluding carboxylic acids is 3. The Labute approximate surface area is 118 Å². The lowest BCUT2D eigenvalue weighted by Crippen LogP contribution is -2.29. The summed E-state index contributed by atoms with van der Waals surface area (Å²) in [6, 6.07) is 6.91. The van der Waals surface area contributed by atoms with Crippen LogP contribution < -0.4 is 0 Å². The molecule has 2 rings (SSSR count). The Morgan fingerprint density at radius 2 is 1.55 bits per heavy atom. The summed E-state index contributed by atoms with van der Waals surface area (Å²) in [4.78, 5) is 33.9. The van der Waals surface area contributed by atoms with Gasteiger partial charge in [0.1, 0.15) is 5.60 Å². The smallest absolute Gasteiger partial charge is 0.293 e. The minimum absolute atomic E-state index is 0.178. The van der Waals surface area contributed by atoms with Crippen LogP contribution in [0.3, 0.4) is 0 Å². The fraction of sp³-hybridized carbons (Fsp3) is 0.400. The second kappa shape index (κ2) is 6.32. The van der Waals surface area contributed by atoms with Crippen LogP contribution in [0, 0.1) is 0 Å². The SMILES string of the molecule is CC(C)(C)OC=O.CCN1C(=O)c2ccccc2C1=O. The van der Waals surface area contributed by atoms with Gasteiger partial charge in [-0.2, -0.15) is 0 Å². The molecular weight excluding hydrogens is 258 g/mol. The monoisotopic (exact) mass is 277 g/mol. The molecule has 1 aromatic carbocycles. The maximum absolute atomic E-state index is 11.5.